The predicted octanol–water partition coefficient (Wildman–Crippen LogP) is 10.9. The van der Waals surface area contributed by atoms with Gasteiger partial charge in [0.1, 0.15) is 11.9 Å². The van der Waals surface area contributed by atoms with Crippen LogP contribution in [0.25, 0.3) is 0 Å². The first-order valence-electron chi connectivity index (χ1n) is 16.4. The first-order valence-corrected chi connectivity index (χ1v) is 17.2. The Bertz CT molecular complexity index is 1070. The maximum Gasteiger partial charge on any atom is 0.453 e. The van der Waals surface area contributed by atoms with E-state index in [1.165, 1.54) is 12.8 Å². The molecule has 0 radical (unpaired) electrons. The summed E-state index contributed by atoms with van der Waals surface area (Å²) in [4.78, 5) is 2.27. The number of rotatable bonds is 14. The van der Waals surface area contributed by atoms with E-state index in [0.29, 0.717) is 42.9 Å². The number of hydrogen-bond donors (Lipinski definition) is 1. The van der Waals surface area contributed by atoms with E-state index in [-0.39, 0.29) is 23.5 Å². The van der Waals surface area contributed by atoms with E-state index in [4.69, 9.17) is 0 Å². The number of aromatic hydroxyl groups is 1. The fourth-order valence-electron chi connectivity index (χ4n) is 8.82. The van der Waals surface area contributed by atoms with E-state index in [2.05, 4.69) is 41.7 Å². The Balaban J connectivity index is 1.22. The molecule has 0 aliphatic heterocycles. The van der Waals surface area contributed by atoms with E-state index < -0.39 is 24.7 Å². The molecule has 2 fully saturated rings. The van der Waals surface area contributed by atoms with Crippen molar-refractivity contribution in [3.63, 3.8) is 0 Å². The molecule has 3 aliphatic rings. The largest absolute Gasteiger partial charge is 0.507 e. The van der Waals surface area contributed by atoms with Gasteiger partial charge in [-0.15, -0.1) is 0 Å². The third kappa shape index (κ3) is 7.72. The van der Waals surface area contributed by atoms with Gasteiger partial charge in [-0.3, -0.25) is 0 Å². The van der Waals surface area contributed by atoms with Crippen molar-refractivity contribution < 1.29 is 31.4 Å². The van der Waals surface area contributed by atoms with Crippen LogP contribution in [-0.2, 0) is 6.42 Å². The Hall–Kier alpha value is -0.960. The minimum absolute atomic E-state index is 0.0569. The van der Waals surface area contributed by atoms with E-state index in [1.54, 1.807) is 6.07 Å². The van der Waals surface area contributed by atoms with Gasteiger partial charge in [0.05, 0.1) is 4.47 Å². The second-order valence-corrected chi connectivity index (χ2v) is 15.0. The zero-order valence-corrected chi connectivity index (χ0v) is 27.6. The summed E-state index contributed by atoms with van der Waals surface area (Å²) < 4.78 is 79.6. The zero-order chi connectivity index (χ0) is 31.6. The SMILES string of the molecule is CC1CCC2C3C(c4ccc(O)c(Br)c4C[C@H]3CCCCCN(C)CCCCCCCC(F)(F)C(F)(F)F)C(F)CC12C. The molecule has 0 amide bonds. The lowest BCUT2D eigenvalue weighted by Crippen LogP contribution is -2.50. The molecule has 6 unspecified atom stereocenters. The van der Waals surface area contributed by atoms with Crippen molar-refractivity contribution in [1.29, 1.82) is 0 Å². The molecule has 0 bridgehead atoms. The van der Waals surface area contributed by atoms with Crippen molar-refractivity contribution in [3.8, 4) is 5.75 Å². The summed E-state index contributed by atoms with van der Waals surface area (Å²) in [7, 11) is 2.07. The van der Waals surface area contributed by atoms with Gasteiger partial charge in [-0.05, 0) is 134 Å². The summed E-state index contributed by atoms with van der Waals surface area (Å²) in [5, 5.41) is 10.4. The topological polar surface area (TPSA) is 23.5 Å². The molecule has 0 saturated heterocycles. The van der Waals surface area contributed by atoms with E-state index >= 15 is 4.39 Å². The third-order valence-electron chi connectivity index (χ3n) is 11.5. The number of hydrogen-bond acceptors (Lipinski definition) is 2. The van der Waals surface area contributed by atoms with Crippen molar-refractivity contribution in [2.24, 2.45) is 29.1 Å². The zero-order valence-electron chi connectivity index (χ0n) is 26.0. The molecule has 3 aliphatic carbocycles. The lowest BCUT2D eigenvalue weighted by molar-refractivity contribution is -0.284. The van der Waals surface area contributed by atoms with Crippen molar-refractivity contribution in [3.05, 3.63) is 27.7 Å². The molecule has 9 heteroatoms. The second kappa shape index (κ2) is 14.2. The van der Waals surface area contributed by atoms with Crippen LogP contribution in [0.1, 0.15) is 114 Å². The minimum atomic E-state index is -5.45. The molecule has 1 aromatic rings. The summed E-state index contributed by atoms with van der Waals surface area (Å²) in [5.74, 6) is -2.63. The van der Waals surface area contributed by atoms with Gasteiger partial charge in [-0.25, -0.2) is 4.39 Å². The Kier molecular flexibility index (Phi) is 11.5. The van der Waals surface area contributed by atoms with Gasteiger partial charge >= 0.3 is 12.1 Å². The van der Waals surface area contributed by atoms with Crippen LogP contribution in [0.15, 0.2) is 16.6 Å². The fraction of sp³-hybridized carbons (Fsp3) is 0.824. The molecule has 246 valence electrons. The number of phenolic OH excluding ortho intramolecular Hbond substituents is 1. The second-order valence-electron chi connectivity index (χ2n) is 14.2. The van der Waals surface area contributed by atoms with Crippen molar-refractivity contribution in [2.75, 3.05) is 20.1 Å². The summed E-state index contributed by atoms with van der Waals surface area (Å²) >= 11 is 3.62. The van der Waals surface area contributed by atoms with Crippen LogP contribution in [0.5, 0.6) is 5.75 Å². The number of benzene rings is 1. The summed E-state index contributed by atoms with van der Waals surface area (Å²) in [6, 6.07) is 3.69. The van der Waals surface area contributed by atoms with Gasteiger partial charge < -0.3 is 10.0 Å². The molecule has 2 nitrogen and oxygen atoms in total. The van der Waals surface area contributed by atoms with Crippen LogP contribution in [0, 0.1) is 29.1 Å². The fourth-order valence-corrected chi connectivity index (χ4v) is 9.34. The summed E-state index contributed by atoms with van der Waals surface area (Å²) in [6.45, 7) is 6.49. The smallest absolute Gasteiger partial charge is 0.453 e. The molecule has 4 rings (SSSR count). The molecule has 7 atom stereocenters. The monoisotopic (exact) mass is 681 g/mol. The van der Waals surface area contributed by atoms with E-state index in [0.717, 1.165) is 73.6 Å². The molecule has 1 N–H and O–H groups in total. The number of unbranched alkanes of at least 4 members (excludes halogenated alkanes) is 6. The maximum atomic E-state index is 16.1. The van der Waals surface area contributed by atoms with Gasteiger partial charge in [0.15, 0.2) is 0 Å². The first-order chi connectivity index (χ1) is 20.2. The Morgan fingerprint density at radius 1 is 0.953 bits per heavy atom. The lowest BCUT2D eigenvalue weighted by atomic mass is 9.50. The number of halogens is 7. The normalized spacial score (nSPS) is 30.8. The maximum absolute atomic E-state index is 16.1. The molecule has 43 heavy (non-hydrogen) atoms. The number of fused-ring (bicyclic) bond motifs is 5. The van der Waals surface area contributed by atoms with Crippen LogP contribution < -0.4 is 0 Å². The minimum Gasteiger partial charge on any atom is -0.507 e. The molecule has 2 saturated carbocycles. The lowest BCUT2D eigenvalue weighted by Gasteiger charge is -2.55. The number of alkyl halides is 6. The summed E-state index contributed by atoms with van der Waals surface area (Å²) in [5.41, 5.74) is 2.25. The van der Waals surface area contributed by atoms with Crippen molar-refractivity contribution in [2.45, 2.75) is 128 Å². The van der Waals surface area contributed by atoms with Gasteiger partial charge in [0.25, 0.3) is 0 Å². The highest BCUT2D eigenvalue weighted by molar-refractivity contribution is 9.10. The highest BCUT2D eigenvalue weighted by atomic mass is 79.9. The molecule has 0 spiro atoms. The van der Waals surface area contributed by atoms with Gasteiger partial charge in [-0.2, -0.15) is 22.0 Å². The summed E-state index contributed by atoms with van der Waals surface area (Å²) in [6.07, 6.45) is 3.42. The standard InChI is InChI=1S/C34H50BrF6NO/c1-22-13-15-26-29-23(20-25-24(14-16-28(43)31(25)35)30(29)27(36)21-32(22,26)2)12-8-7-11-19-42(3)18-10-6-4-5-9-17-33(37,38)34(39,40)41/h14,16,22-23,26-27,29-30,43H,4-13,15,17-21H2,1-3H3/t22?,23-,26?,27?,29?,30?,32?/m1/s1. The highest BCUT2D eigenvalue weighted by Crippen LogP contribution is 2.65. The van der Waals surface area contributed by atoms with Crippen molar-refractivity contribution in [1.82, 2.24) is 4.90 Å². The molecular formula is C34H50BrF6NO. The van der Waals surface area contributed by atoms with Crippen LogP contribution in [0.3, 0.4) is 0 Å². The van der Waals surface area contributed by atoms with E-state index in [1.807, 2.05) is 6.07 Å². The van der Waals surface area contributed by atoms with Gasteiger partial charge in [0.2, 0.25) is 0 Å². The van der Waals surface area contributed by atoms with Gasteiger partial charge in [0, 0.05) is 12.3 Å². The highest BCUT2D eigenvalue weighted by Gasteiger charge is 2.59. The number of phenols is 1. The molecular weight excluding hydrogens is 632 g/mol. The van der Waals surface area contributed by atoms with Crippen LogP contribution in [0.4, 0.5) is 26.3 Å². The Labute approximate surface area is 262 Å². The van der Waals surface area contributed by atoms with Gasteiger partial charge in [-0.1, -0.05) is 52.0 Å². The van der Waals surface area contributed by atoms with Crippen LogP contribution in [0.2, 0.25) is 0 Å². The van der Waals surface area contributed by atoms with E-state index in [9.17, 15) is 27.1 Å². The predicted molar refractivity (Wildman–Crippen MR) is 163 cm³/mol. The van der Waals surface area contributed by atoms with Crippen LogP contribution in [-0.4, -0.2) is 48.4 Å². The van der Waals surface area contributed by atoms with Crippen molar-refractivity contribution >= 4 is 15.9 Å². The molecule has 1 aromatic carbocycles. The average molecular weight is 683 g/mol. The number of nitrogens with zero attached hydrogens (tertiary/aromatic N) is 1. The molecule has 0 aromatic heterocycles. The first kappa shape index (κ1) is 34.9. The third-order valence-corrected chi connectivity index (χ3v) is 12.4. The Morgan fingerprint density at radius 2 is 1.58 bits per heavy atom. The Morgan fingerprint density at radius 3 is 2.26 bits per heavy atom. The average Bonchev–Trinajstić information content (AvgIpc) is 3.22. The van der Waals surface area contributed by atoms with Crippen LogP contribution >= 0.6 is 15.9 Å². The molecule has 0 heterocycles. The quantitative estimate of drug-likeness (QED) is 0.156.